The fourth-order valence-corrected chi connectivity index (χ4v) is 7.90. The number of nitrogens with one attached hydrogen (secondary N) is 3. The van der Waals surface area contributed by atoms with Crippen LogP contribution in [0.5, 0.6) is 0 Å². The van der Waals surface area contributed by atoms with Crippen LogP contribution in [0, 0.1) is 12.8 Å². The Labute approximate surface area is 319 Å². The molecule has 11 heteroatoms. The Morgan fingerprint density at radius 2 is 1.57 bits per heavy atom. The van der Waals surface area contributed by atoms with Crippen molar-refractivity contribution in [3.8, 4) is 0 Å². The molecule has 1 aromatic heterocycles. The summed E-state index contributed by atoms with van der Waals surface area (Å²) in [6.45, 7) is 16.9. The zero-order valence-electron chi connectivity index (χ0n) is 32.1. The lowest BCUT2D eigenvalue weighted by Crippen LogP contribution is -2.50. The van der Waals surface area contributed by atoms with Gasteiger partial charge in [0.05, 0.1) is 5.52 Å². The van der Waals surface area contributed by atoms with Crippen LogP contribution in [0.3, 0.4) is 0 Å². The van der Waals surface area contributed by atoms with E-state index in [1.165, 1.54) is 35.4 Å². The van der Waals surface area contributed by atoms with Crippen molar-refractivity contribution in [1.82, 2.24) is 25.5 Å². The number of urea groups is 1. The van der Waals surface area contributed by atoms with Crippen molar-refractivity contribution in [3.05, 3.63) is 95.8 Å². The maximum atomic E-state index is 12.3. The standard InChI is InChI=1S/C41H47N9O2.C2H6/c1-28-11-15-42-26-36(28)31-3-4-32-25-43-40(45-37(32)24-31)44-33-5-7-34(8-6-33)48-16-12-30(13-17-48)27-47-19-21-49(22-20-47)35-9-10-38(29(2)23-35)50-18-14-39(51)46-41(50)52;1-2/h3-11,23-26,30,42H,12-22,27H2,1-2H3,(H,43,44,45)(H,46,51,52);1-2H3. The van der Waals surface area contributed by atoms with Crippen molar-refractivity contribution in [2.75, 3.05) is 78.9 Å². The van der Waals surface area contributed by atoms with E-state index in [2.05, 4.69) is 109 Å². The van der Waals surface area contributed by atoms with Gasteiger partial charge in [-0.15, -0.1) is 0 Å². The van der Waals surface area contributed by atoms with Gasteiger partial charge in [-0.05, 0) is 97.8 Å². The Hall–Kier alpha value is -5.42. The lowest BCUT2D eigenvalue weighted by atomic mass is 9.95. The summed E-state index contributed by atoms with van der Waals surface area (Å²) < 4.78 is 0. The molecule has 3 saturated heterocycles. The van der Waals surface area contributed by atoms with E-state index in [0.717, 1.165) is 85.8 Å². The highest BCUT2D eigenvalue weighted by atomic mass is 16.2. The lowest BCUT2D eigenvalue weighted by Gasteiger charge is -2.40. The quantitative estimate of drug-likeness (QED) is 0.176. The van der Waals surface area contributed by atoms with Crippen LogP contribution in [-0.2, 0) is 4.79 Å². The summed E-state index contributed by atoms with van der Waals surface area (Å²) in [7, 11) is 0. The molecule has 0 saturated carbocycles. The zero-order chi connectivity index (χ0) is 37.6. The number of amides is 3. The van der Waals surface area contributed by atoms with Crippen molar-refractivity contribution in [1.29, 1.82) is 0 Å². The van der Waals surface area contributed by atoms with E-state index >= 15 is 0 Å². The number of carbonyl (C=O) groups is 2. The van der Waals surface area contributed by atoms with Gasteiger partial charge in [0, 0.05) is 111 Å². The van der Waals surface area contributed by atoms with Gasteiger partial charge in [0.1, 0.15) is 0 Å². The smallest absolute Gasteiger partial charge is 0.328 e. The third-order valence-corrected chi connectivity index (χ3v) is 11.0. The van der Waals surface area contributed by atoms with Crippen molar-refractivity contribution >= 4 is 57.1 Å². The number of nitrogens with zero attached hydrogens (tertiary/aromatic N) is 6. The molecule has 282 valence electrons. The number of rotatable bonds is 8. The van der Waals surface area contributed by atoms with Gasteiger partial charge in [0.25, 0.3) is 0 Å². The van der Waals surface area contributed by atoms with Crippen LogP contribution in [0.15, 0.2) is 84.7 Å². The minimum absolute atomic E-state index is 0.208. The van der Waals surface area contributed by atoms with Crippen LogP contribution in [0.25, 0.3) is 16.5 Å². The Morgan fingerprint density at radius 3 is 2.30 bits per heavy atom. The minimum atomic E-state index is -0.335. The first kappa shape index (κ1) is 36.9. The van der Waals surface area contributed by atoms with Gasteiger partial charge in [-0.3, -0.25) is 19.9 Å². The number of hydrogen-bond acceptors (Lipinski definition) is 9. The van der Waals surface area contributed by atoms with Crippen LogP contribution in [-0.4, -0.2) is 85.7 Å². The van der Waals surface area contributed by atoms with Crippen LogP contribution in [0.1, 0.15) is 51.2 Å². The average molecular weight is 728 g/mol. The number of benzene rings is 3. The monoisotopic (exact) mass is 727 g/mol. The van der Waals surface area contributed by atoms with Crippen molar-refractivity contribution in [2.24, 2.45) is 5.92 Å². The van der Waals surface area contributed by atoms with Gasteiger partial charge in [0.15, 0.2) is 0 Å². The number of piperazine rings is 1. The molecule has 0 radical (unpaired) electrons. The van der Waals surface area contributed by atoms with Crippen LogP contribution in [0.4, 0.5) is 33.5 Å². The normalized spacial score (nSPS) is 18.3. The molecule has 3 amide bonds. The van der Waals surface area contributed by atoms with Crippen LogP contribution >= 0.6 is 0 Å². The van der Waals surface area contributed by atoms with Crippen LogP contribution in [0.2, 0.25) is 0 Å². The first-order chi connectivity index (χ1) is 26.4. The highest BCUT2D eigenvalue weighted by Crippen LogP contribution is 2.30. The van der Waals surface area contributed by atoms with Gasteiger partial charge in [-0.1, -0.05) is 32.1 Å². The molecule has 0 spiro atoms. The summed E-state index contributed by atoms with van der Waals surface area (Å²) in [5.41, 5.74) is 9.89. The third kappa shape index (κ3) is 8.36. The van der Waals surface area contributed by atoms with Gasteiger partial charge >= 0.3 is 6.03 Å². The maximum absolute atomic E-state index is 12.3. The van der Waals surface area contributed by atoms with E-state index in [9.17, 15) is 9.59 Å². The number of piperidine rings is 1. The molecule has 5 heterocycles. The first-order valence-corrected chi connectivity index (χ1v) is 19.6. The molecule has 3 aromatic carbocycles. The Bertz CT molecular complexity index is 2030. The number of carbonyl (C=O) groups excluding carboxylic acids is 2. The lowest BCUT2D eigenvalue weighted by molar-refractivity contribution is -0.120. The van der Waals surface area contributed by atoms with Crippen molar-refractivity contribution in [3.63, 3.8) is 0 Å². The number of fused-ring (bicyclic) bond motifs is 1. The molecule has 8 rings (SSSR count). The summed E-state index contributed by atoms with van der Waals surface area (Å²) >= 11 is 0. The molecule has 0 bridgehead atoms. The molecule has 3 fully saturated rings. The number of anilines is 5. The predicted molar refractivity (Wildman–Crippen MR) is 221 cm³/mol. The topological polar surface area (TPSA) is 109 Å². The van der Waals surface area contributed by atoms with E-state index in [1.54, 1.807) is 4.90 Å². The van der Waals surface area contributed by atoms with Gasteiger partial charge in [-0.25, -0.2) is 14.8 Å². The summed E-state index contributed by atoms with van der Waals surface area (Å²) in [6, 6.07) is 21.0. The molecule has 4 aliphatic rings. The van der Waals surface area contributed by atoms with E-state index in [0.29, 0.717) is 24.8 Å². The Kier molecular flexibility index (Phi) is 11.4. The molecule has 0 aliphatic carbocycles. The average Bonchev–Trinajstić information content (AvgIpc) is 3.20. The number of allylic oxidation sites excluding steroid dienone is 2. The van der Waals surface area contributed by atoms with E-state index in [4.69, 9.17) is 4.98 Å². The highest BCUT2D eigenvalue weighted by molar-refractivity contribution is 6.06. The third-order valence-electron chi connectivity index (χ3n) is 11.0. The number of aryl methyl sites for hydroxylation is 1. The number of hydrogen-bond donors (Lipinski definition) is 3. The minimum Gasteiger partial charge on any atom is -0.387 e. The summed E-state index contributed by atoms with van der Waals surface area (Å²) in [5, 5.41) is 10.2. The Morgan fingerprint density at radius 1 is 0.833 bits per heavy atom. The fraction of sp³-hybridized carbons (Fsp3) is 0.395. The largest absolute Gasteiger partial charge is 0.387 e. The van der Waals surface area contributed by atoms with Crippen molar-refractivity contribution in [2.45, 2.75) is 47.0 Å². The molecule has 0 unspecified atom stereocenters. The Balaban J connectivity index is 0.00000221. The molecular weight excluding hydrogens is 675 g/mol. The molecule has 11 nitrogen and oxygen atoms in total. The zero-order valence-corrected chi connectivity index (χ0v) is 32.1. The van der Waals surface area contributed by atoms with Gasteiger partial charge < -0.3 is 20.4 Å². The number of aromatic nitrogens is 2. The maximum Gasteiger partial charge on any atom is 0.328 e. The second-order valence-corrected chi connectivity index (χ2v) is 14.4. The van der Waals surface area contributed by atoms with Crippen molar-refractivity contribution < 1.29 is 9.59 Å². The molecule has 3 N–H and O–H groups in total. The summed E-state index contributed by atoms with van der Waals surface area (Å²) in [4.78, 5) is 42.6. The molecule has 54 heavy (non-hydrogen) atoms. The second kappa shape index (κ2) is 16.7. The molecule has 4 aliphatic heterocycles. The van der Waals surface area contributed by atoms with Crippen LogP contribution < -0.4 is 30.7 Å². The SMILES string of the molecule is CC.CC1=CCNC=C1c1ccc2cnc(Nc3ccc(N4CCC(CN5CCN(c6ccc(N7CCC(=O)NC7=O)c(C)c6)CC5)CC4)cc3)nc2c1. The molecular formula is C43H53N9O2. The molecule has 4 aromatic rings. The van der Waals surface area contributed by atoms with E-state index in [-0.39, 0.29) is 11.9 Å². The fourth-order valence-electron chi connectivity index (χ4n) is 7.90. The highest BCUT2D eigenvalue weighted by Gasteiger charge is 2.27. The predicted octanol–water partition coefficient (Wildman–Crippen LogP) is 7.08. The summed E-state index contributed by atoms with van der Waals surface area (Å²) in [6.07, 6.45) is 8.91. The van der Waals surface area contributed by atoms with E-state index in [1.807, 2.05) is 33.0 Å². The number of imide groups is 1. The molecule has 0 atom stereocenters. The van der Waals surface area contributed by atoms with Gasteiger partial charge in [-0.2, -0.15) is 0 Å². The summed E-state index contributed by atoms with van der Waals surface area (Å²) in [5.74, 6) is 1.10. The van der Waals surface area contributed by atoms with Gasteiger partial charge in [0.2, 0.25) is 11.9 Å². The number of dihydropyridines is 1. The van der Waals surface area contributed by atoms with E-state index < -0.39 is 0 Å². The second-order valence-electron chi connectivity index (χ2n) is 14.4. The first-order valence-electron chi connectivity index (χ1n) is 19.6.